The van der Waals surface area contributed by atoms with E-state index in [0.717, 1.165) is 47.2 Å². The van der Waals surface area contributed by atoms with E-state index in [1.807, 2.05) is 24.8 Å². The Morgan fingerprint density at radius 3 is 2.62 bits per heavy atom. The maximum Gasteiger partial charge on any atom is 0.237 e. The van der Waals surface area contributed by atoms with Gasteiger partial charge in [0.1, 0.15) is 5.75 Å². The molecular formula is C34H41N3O3. The van der Waals surface area contributed by atoms with Crippen LogP contribution in [0, 0.1) is 12.8 Å². The van der Waals surface area contributed by atoms with Crippen LogP contribution in [0.25, 0.3) is 0 Å². The van der Waals surface area contributed by atoms with Gasteiger partial charge in [0.25, 0.3) is 0 Å². The number of benzene rings is 3. The van der Waals surface area contributed by atoms with Crippen LogP contribution in [0.5, 0.6) is 5.75 Å². The summed E-state index contributed by atoms with van der Waals surface area (Å²) in [5, 5.41) is 13.2. The van der Waals surface area contributed by atoms with Crippen molar-refractivity contribution in [2.24, 2.45) is 11.7 Å². The van der Waals surface area contributed by atoms with E-state index in [0.29, 0.717) is 31.2 Å². The first-order chi connectivity index (χ1) is 19.2. The van der Waals surface area contributed by atoms with Crippen molar-refractivity contribution in [2.45, 2.75) is 77.8 Å². The maximum absolute atomic E-state index is 13.4. The van der Waals surface area contributed by atoms with Gasteiger partial charge in [-0.25, -0.2) is 0 Å². The van der Waals surface area contributed by atoms with E-state index in [1.54, 1.807) is 19.1 Å². The summed E-state index contributed by atoms with van der Waals surface area (Å²) in [4.78, 5) is 27.6. The number of carbonyl (C=O) groups is 2. The molecule has 0 bridgehead atoms. The number of nitrogens with zero attached hydrogens (tertiary/aromatic N) is 1. The van der Waals surface area contributed by atoms with Gasteiger partial charge in [0.2, 0.25) is 11.8 Å². The Hall–Kier alpha value is -3.64. The number of nitrogens with two attached hydrogens (primary N) is 1. The Labute approximate surface area is 237 Å². The third-order valence-corrected chi connectivity index (χ3v) is 9.02. The average Bonchev–Trinajstić information content (AvgIpc) is 3.24. The minimum Gasteiger partial charge on any atom is -0.508 e. The normalized spacial score (nSPS) is 20.5. The Bertz CT molecular complexity index is 1430. The van der Waals surface area contributed by atoms with E-state index in [1.165, 1.54) is 16.7 Å². The highest BCUT2D eigenvalue weighted by Gasteiger charge is 2.32. The number of aromatic hydroxyl groups is 1. The molecule has 3 aromatic carbocycles. The molecule has 2 unspecified atom stereocenters. The molecule has 0 spiro atoms. The molecule has 0 aromatic heterocycles. The van der Waals surface area contributed by atoms with Crippen molar-refractivity contribution in [3.63, 3.8) is 0 Å². The Kier molecular flexibility index (Phi) is 7.99. The quantitative estimate of drug-likeness (QED) is 0.381. The van der Waals surface area contributed by atoms with Crippen molar-refractivity contribution in [1.29, 1.82) is 0 Å². The van der Waals surface area contributed by atoms with Gasteiger partial charge < -0.3 is 21.1 Å². The van der Waals surface area contributed by atoms with Gasteiger partial charge in [-0.2, -0.15) is 0 Å². The summed E-state index contributed by atoms with van der Waals surface area (Å²) >= 11 is 0. The van der Waals surface area contributed by atoms with Gasteiger partial charge in [0, 0.05) is 19.2 Å². The molecule has 0 saturated heterocycles. The molecule has 2 amide bonds. The highest BCUT2D eigenvalue weighted by atomic mass is 16.3. The second kappa shape index (κ2) is 11.5. The lowest BCUT2D eigenvalue weighted by molar-refractivity contribution is -0.123. The Balaban J connectivity index is 1.35. The number of aryl methyl sites for hydroxylation is 2. The fourth-order valence-electron chi connectivity index (χ4n) is 6.76. The fraction of sp³-hybridized carbons (Fsp3) is 0.412. The van der Waals surface area contributed by atoms with E-state index >= 15 is 0 Å². The van der Waals surface area contributed by atoms with Gasteiger partial charge in [0.05, 0.1) is 12.1 Å². The molecular weight excluding hydrogens is 498 g/mol. The van der Waals surface area contributed by atoms with Gasteiger partial charge >= 0.3 is 0 Å². The number of fused-ring (bicyclic) bond motifs is 2. The highest BCUT2D eigenvalue weighted by Crippen LogP contribution is 2.41. The number of rotatable bonds is 7. The summed E-state index contributed by atoms with van der Waals surface area (Å²) in [6.07, 6.45) is 3.81. The molecule has 2 aliphatic rings. The van der Waals surface area contributed by atoms with E-state index in [-0.39, 0.29) is 23.6 Å². The molecule has 210 valence electrons. The smallest absolute Gasteiger partial charge is 0.237 e. The Morgan fingerprint density at radius 1 is 1.12 bits per heavy atom. The van der Waals surface area contributed by atoms with Gasteiger partial charge in [-0.3, -0.25) is 9.59 Å². The van der Waals surface area contributed by atoms with Crippen molar-refractivity contribution in [3.05, 3.63) is 93.5 Å². The predicted molar refractivity (Wildman–Crippen MR) is 160 cm³/mol. The monoisotopic (exact) mass is 539 g/mol. The molecule has 4 N–H and O–H groups in total. The largest absolute Gasteiger partial charge is 0.508 e. The van der Waals surface area contributed by atoms with E-state index < -0.39 is 6.04 Å². The summed E-state index contributed by atoms with van der Waals surface area (Å²) in [5.74, 6) is 1.05. The third-order valence-electron chi connectivity index (χ3n) is 9.02. The van der Waals surface area contributed by atoms with Crippen LogP contribution in [0.3, 0.4) is 0 Å². The third kappa shape index (κ3) is 5.50. The summed E-state index contributed by atoms with van der Waals surface area (Å²) in [6, 6.07) is 17.6. The molecule has 0 radical (unpaired) electrons. The SMILES string of the molecule is CCc1cc(O)cc(C)c1C[C@H](N)C(=O)N[C@@H]1CCN(C(C)=O)c2ccc(CC3Cc4ccccc4C3C)cc21. The minimum absolute atomic E-state index is 0.00485. The molecule has 0 fully saturated rings. The summed E-state index contributed by atoms with van der Waals surface area (Å²) in [7, 11) is 0. The number of anilines is 1. The van der Waals surface area contributed by atoms with E-state index in [2.05, 4.69) is 48.6 Å². The van der Waals surface area contributed by atoms with E-state index in [9.17, 15) is 14.7 Å². The summed E-state index contributed by atoms with van der Waals surface area (Å²) in [6.45, 7) is 8.43. The zero-order valence-electron chi connectivity index (χ0n) is 24.0. The van der Waals surface area contributed by atoms with Gasteiger partial charge in [-0.1, -0.05) is 50.2 Å². The molecule has 4 atom stereocenters. The summed E-state index contributed by atoms with van der Waals surface area (Å²) in [5.41, 5.74) is 15.4. The van der Waals surface area contributed by atoms with Crippen LogP contribution in [-0.2, 0) is 35.3 Å². The van der Waals surface area contributed by atoms with Crippen molar-refractivity contribution in [1.82, 2.24) is 5.32 Å². The first-order valence-corrected chi connectivity index (χ1v) is 14.5. The number of hydrogen-bond acceptors (Lipinski definition) is 4. The van der Waals surface area contributed by atoms with E-state index in [4.69, 9.17) is 5.73 Å². The first-order valence-electron chi connectivity index (χ1n) is 14.5. The lowest BCUT2D eigenvalue weighted by atomic mass is 9.86. The van der Waals surface area contributed by atoms with Crippen molar-refractivity contribution >= 4 is 17.5 Å². The molecule has 40 heavy (non-hydrogen) atoms. The fourth-order valence-corrected chi connectivity index (χ4v) is 6.76. The molecule has 0 saturated carbocycles. The zero-order valence-corrected chi connectivity index (χ0v) is 24.0. The highest BCUT2D eigenvalue weighted by molar-refractivity contribution is 5.93. The number of nitrogens with one attached hydrogen (secondary N) is 1. The maximum atomic E-state index is 13.4. The number of carbonyl (C=O) groups excluding carboxylic acids is 2. The topological polar surface area (TPSA) is 95.7 Å². The van der Waals surface area contributed by atoms with Gasteiger partial charge in [-0.05, 0) is 108 Å². The second-order valence-corrected chi connectivity index (χ2v) is 11.6. The van der Waals surface area contributed by atoms with Crippen LogP contribution in [0.1, 0.15) is 78.1 Å². The van der Waals surface area contributed by atoms with Gasteiger partial charge in [0.15, 0.2) is 0 Å². The molecule has 1 aliphatic carbocycles. The standard InChI is InChI=1S/C34H41N3O3/c1-5-24-18-27(39)14-20(2)29(24)19-31(35)34(40)36-32-12-13-37(22(4)38)33-11-10-23(16-30(32)33)15-26-17-25-8-6-7-9-28(25)21(26)3/h6-11,14,16,18,21,26,31-32,39H,5,12-13,15,17,19,35H2,1-4H3,(H,36,40)/t21?,26?,31-,32+/m0/s1. The lowest BCUT2D eigenvalue weighted by Crippen LogP contribution is -2.46. The van der Waals surface area contributed by atoms with Crippen LogP contribution >= 0.6 is 0 Å². The lowest BCUT2D eigenvalue weighted by Gasteiger charge is -2.35. The minimum atomic E-state index is -0.719. The van der Waals surface area contributed by atoms with Crippen molar-refractivity contribution in [3.8, 4) is 5.75 Å². The van der Waals surface area contributed by atoms with Crippen LogP contribution in [0.15, 0.2) is 54.6 Å². The van der Waals surface area contributed by atoms with Crippen molar-refractivity contribution in [2.75, 3.05) is 11.4 Å². The molecule has 3 aromatic rings. The Morgan fingerprint density at radius 2 is 1.90 bits per heavy atom. The molecule has 1 heterocycles. The van der Waals surface area contributed by atoms with Crippen LogP contribution in [0.4, 0.5) is 5.69 Å². The number of amides is 2. The first kappa shape index (κ1) is 27.9. The summed E-state index contributed by atoms with van der Waals surface area (Å²) < 4.78 is 0. The van der Waals surface area contributed by atoms with Crippen LogP contribution < -0.4 is 16.0 Å². The molecule has 5 rings (SSSR count). The molecule has 6 nitrogen and oxygen atoms in total. The van der Waals surface area contributed by atoms with Crippen molar-refractivity contribution < 1.29 is 14.7 Å². The van der Waals surface area contributed by atoms with Crippen LogP contribution in [-0.4, -0.2) is 29.5 Å². The number of phenols is 1. The average molecular weight is 540 g/mol. The number of hydrogen-bond donors (Lipinski definition) is 3. The van der Waals surface area contributed by atoms with Crippen LogP contribution in [0.2, 0.25) is 0 Å². The molecule has 6 heteroatoms. The number of phenolic OH excluding ortho intramolecular Hbond substituents is 1. The van der Waals surface area contributed by atoms with Gasteiger partial charge in [-0.15, -0.1) is 0 Å². The second-order valence-electron chi connectivity index (χ2n) is 11.6. The predicted octanol–water partition coefficient (Wildman–Crippen LogP) is 5.27. The zero-order chi connectivity index (χ0) is 28.6. The molecule has 1 aliphatic heterocycles.